The van der Waals surface area contributed by atoms with Gasteiger partial charge in [0.05, 0.1) is 37.5 Å². The fraction of sp³-hybridized carbons (Fsp3) is 0. The molecule has 14 heteroatoms. The van der Waals surface area contributed by atoms with Crippen LogP contribution < -0.4 is 5.32 Å². The molecule has 0 saturated carbocycles. The highest BCUT2D eigenvalue weighted by Crippen LogP contribution is 2.42. The Labute approximate surface area is 141 Å². The lowest BCUT2D eigenvalue weighted by atomic mass is 10.2. The second kappa shape index (κ2) is 6.63. The van der Waals surface area contributed by atoms with Crippen LogP contribution in [0.15, 0.2) is 30.3 Å². The predicted octanol–water partition coefficient (Wildman–Crippen LogP) is 2.77. The number of phenolic OH excluding ortho intramolecular Hbond substituents is 1. The van der Waals surface area contributed by atoms with Crippen LogP contribution in [-0.4, -0.2) is 24.8 Å². The maximum Gasteiger partial charge on any atom is 0.306 e. The topological polar surface area (TPSA) is 205 Å². The third-order valence-electron chi connectivity index (χ3n) is 3.14. The van der Waals surface area contributed by atoms with Crippen LogP contribution in [-0.2, 0) is 0 Å². The highest BCUT2D eigenvalue weighted by Gasteiger charge is 2.31. The standard InChI is InChI=1S/C12H7N5O9/c18-11-2-1-6(14(19)20)3-8(11)13-12-9(16(23)24)4-7(15(21)22)5-10(12)17(25)26/h1-5,13,18H. The van der Waals surface area contributed by atoms with Crippen molar-refractivity contribution in [2.24, 2.45) is 0 Å². The van der Waals surface area contributed by atoms with E-state index in [0.717, 1.165) is 18.2 Å². The molecule has 2 N–H and O–H groups in total. The van der Waals surface area contributed by atoms with Crippen molar-refractivity contribution in [1.82, 2.24) is 0 Å². The molecule has 2 rings (SSSR count). The molecule has 0 radical (unpaired) electrons. The summed E-state index contributed by atoms with van der Waals surface area (Å²) in [4.78, 5) is 39.9. The van der Waals surface area contributed by atoms with E-state index in [4.69, 9.17) is 0 Å². The van der Waals surface area contributed by atoms with Crippen molar-refractivity contribution >= 4 is 34.1 Å². The van der Waals surface area contributed by atoms with Crippen molar-refractivity contribution in [3.05, 3.63) is 70.8 Å². The van der Waals surface area contributed by atoms with Gasteiger partial charge in [0.1, 0.15) is 5.75 Å². The smallest absolute Gasteiger partial charge is 0.306 e. The lowest BCUT2D eigenvalue weighted by molar-refractivity contribution is -0.401. The van der Waals surface area contributed by atoms with Crippen molar-refractivity contribution in [3.63, 3.8) is 0 Å². The Kier molecular flexibility index (Phi) is 4.59. The normalized spacial score (nSPS) is 10.2. The summed E-state index contributed by atoms with van der Waals surface area (Å²) in [6.45, 7) is 0. The maximum atomic E-state index is 11.2. The highest BCUT2D eigenvalue weighted by molar-refractivity contribution is 5.83. The fourth-order valence-electron chi connectivity index (χ4n) is 1.99. The van der Waals surface area contributed by atoms with Gasteiger partial charge >= 0.3 is 11.4 Å². The third kappa shape index (κ3) is 3.42. The van der Waals surface area contributed by atoms with Crippen LogP contribution in [0.2, 0.25) is 0 Å². The first-order chi connectivity index (χ1) is 12.1. The molecule has 0 bridgehead atoms. The van der Waals surface area contributed by atoms with Gasteiger partial charge in [-0.05, 0) is 6.07 Å². The Hall–Kier alpha value is -4.36. The largest absolute Gasteiger partial charge is 0.506 e. The minimum Gasteiger partial charge on any atom is -0.506 e. The zero-order valence-electron chi connectivity index (χ0n) is 12.4. The molecule has 2 aromatic rings. The quantitative estimate of drug-likeness (QED) is 0.434. The number of rotatable bonds is 6. The first-order valence-electron chi connectivity index (χ1n) is 6.47. The number of nitro groups is 4. The number of hydrogen-bond acceptors (Lipinski definition) is 10. The minimum atomic E-state index is -1.10. The summed E-state index contributed by atoms with van der Waals surface area (Å²) in [6.07, 6.45) is 0. The molecule has 26 heavy (non-hydrogen) atoms. The second-order valence-corrected chi connectivity index (χ2v) is 4.71. The molecule has 14 nitrogen and oxygen atoms in total. The van der Waals surface area contributed by atoms with Gasteiger partial charge in [-0.25, -0.2) is 0 Å². The molecule has 0 unspecified atom stereocenters. The number of non-ortho nitro benzene ring substituents is 2. The summed E-state index contributed by atoms with van der Waals surface area (Å²) in [7, 11) is 0. The lowest BCUT2D eigenvalue weighted by Gasteiger charge is -2.09. The molecule has 2 aromatic carbocycles. The van der Waals surface area contributed by atoms with Crippen LogP contribution in [0, 0.1) is 40.5 Å². The number of nitro benzene ring substituents is 4. The molecule has 0 heterocycles. The average Bonchev–Trinajstić information content (AvgIpc) is 2.55. The molecular weight excluding hydrogens is 358 g/mol. The van der Waals surface area contributed by atoms with E-state index < -0.39 is 59.6 Å². The number of nitrogens with one attached hydrogen (secondary N) is 1. The van der Waals surface area contributed by atoms with Gasteiger partial charge in [0, 0.05) is 12.1 Å². The monoisotopic (exact) mass is 365 g/mol. The van der Waals surface area contributed by atoms with Crippen molar-refractivity contribution in [2.45, 2.75) is 0 Å². The molecule has 0 atom stereocenters. The van der Waals surface area contributed by atoms with Crippen LogP contribution in [0.25, 0.3) is 0 Å². The highest BCUT2D eigenvalue weighted by atomic mass is 16.6. The molecule has 134 valence electrons. The van der Waals surface area contributed by atoms with E-state index in [9.17, 15) is 45.6 Å². The van der Waals surface area contributed by atoms with E-state index in [1.807, 2.05) is 0 Å². The fourth-order valence-corrected chi connectivity index (χ4v) is 1.99. The van der Waals surface area contributed by atoms with Gasteiger partial charge in [-0.15, -0.1) is 0 Å². The third-order valence-corrected chi connectivity index (χ3v) is 3.14. The second-order valence-electron chi connectivity index (χ2n) is 4.71. The summed E-state index contributed by atoms with van der Waals surface area (Å²) in [5, 5.41) is 55.9. The molecule has 0 spiro atoms. The average molecular weight is 365 g/mol. The van der Waals surface area contributed by atoms with E-state index in [1.165, 1.54) is 0 Å². The van der Waals surface area contributed by atoms with E-state index in [-0.39, 0.29) is 0 Å². The Morgan fingerprint density at radius 1 is 0.731 bits per heavy atom. The van der Waals surface area contributed by atoms with Crippen LogP contribution in [0.1, 0.15) is 0 Å². The SMILES string of the molecule is O=[N+]([O-])c1ccc(O)c(Nc2c([N+](=O)[O-])cc([N+](=O)[O-])cc2[N+](=O)[O-])c1. The zero-order valence-corrected chi connectivity index (χ0v) is 12.4. The Morgan fingerprint density at radius 2 is 1.23 bits per heavy atom. The number of phenols is 1. The van der Waals surface area contributed by atoms with Gasteiger partial charge < -0.3 is 10.4 Å². The van der Waals surface area contributed by atoms with Gasteiger partial charge in [-0.3, -0.25) is 40.5 Å². The van der Waals surface area contributed by atoms with Gasteiger partial charge in [-0.2, -0.15) is 0 Å². The van der Waals surface area contributed by atoms with E-state index >= 15 is 0 Å². The summed E-state index contributed by atoms with van der Waals surface area (Å²) in [5.74, 6) is -0.586. The predicted molar refractivity (Wildman–Crippen MR) is 84.4 cm³/mol. The van der Waals surface area contributed by atoms with Gasteiger partial charge in [-0.1, -0.05) is 0 Å². The van der Waals surface area contributed by atoms with Crippen LogP contribution in [0.4, 0.5) is 34.1 Å². The molecule has 0 fully saturated rings. The van der Waals surface area contributed by atoms with E-state index in [1.54, 1.807) is 0 Å². The number of hydrogen-bond donors (Lipinski definition) is 2. The van der Waals surface area contributed by atoms with Crippen LogP contribution in [0.3, 0.4) is 0 Å². The van der Waals surface area contributed by atoms with Gasteiger partial charge in [0.15, 0.2) is 5.69 Å². The van der Waals surface area contributed by atoms with Crippen molar-refractivity contribution in [1.29, 1.82) is 0 Å². The van der Waals surface area contributed by atoms with Gasteiger partial charge in [0.25, 0.3) is 11.4 Å². The van der Waals surface area contributed by atoms with Crippen molar-refractivity contribution in [2.75, 3.05) is 5.32 Å². The summed E-state index contributed by atoms with van der Waals surface area (Å²) in [5.41, 5.74) is -4.64. The Morgan fingerprint density at radius 3 is 1.65 bits per heavy atom. The number of aromatic hydroxyl groups is 1. The van der Waals surface area contributed by atoms with Gasteiger partial charge in [0.2, 0.25) is 0 Å². The molecule has 0 aliphatic rings. The first-order valence-corrected chi connectivity index (χ1v) is 6.47. The molecule has 0 aliphatic heterocycles. The Bertz CT molecular complexity index is 923. The van der Waals surface area contributed by atoms with E-state index in [2.05, 4.69) is 5.32 Å². The lowest BCUT2D eigenvalue weighted by Crippen LogP contribution is -2.04. The Balaban J connectivity index is 2.71. The minimum absolute atomic E-state index is 0.431. The van der Waals surface area contributed by atoms with Crippen molar-refractivity contribution in [3.8, 4) is 5.75 Å². The number of anilines is 2. The molecule has 0 aliphatic carbocycles. The van der Waals surface area contributed by atoms with Crippen LogP contribution >= 0.6 is 0 Å². The van der Waals surface area contributed by atoms with Crippen LogP contribution in [0.5, 0.6) is 5.75 Å². The summed E-state index contributed by atoms with van der Waals surface area (Å²) in [6, 6.07) is 3.63. The molecule has 0 amide bonds. The molecular formula is C12H7N5O9. The maximum absolute atomic E-state index is 11.2. The first kappa shape index (κ1) is 18.0. The molecule has 0 aromatic heterocycles. The summed E-state index contributed by atoms with van der Waals surface area (Å²) >= 11 is 0. The molecule has 0 saturated heterocycles. The van der Waals surface area contributed by atoms with E-state index in [0.29, 0.717) is 12.1 Å². The summed E-state index contributed by atoms with van der Waals surface area (Å²) < 4.78 is 0. The number of nitrogens with zero attached hydrogens (tertiary/aromatic N) is 4. The number of benzene rings is 2. The van der Waals surface area contributed by atoms with Crippen molar-refractivity contribution < 1.29 is 24.8 Å². The zero-order chi connectivity index (χ0) is 19.6.